The minimum atomic E-state index is -1.21. The molecule has 2 rings (SSSR count). The molecular weight excluding hydrogens is 273 g/mol. The third-order valence-electron chi connectivity index (χ3n) is 3.01. The van der Waals surface area contributed by atoms with Gasteiger partial charge in [-0.15, -0.1) is 0 Å². The first-order valence-corrected chi connectivity index (χ1v) is 6.30. The van der Waals surface area contributed by atoms with Crippen LogP contribution in [0.2, 0.25) is 0 Å². The molecule has 0 aliphatic heterocycles. The Bertz CT molecular complexity index is 670. The van der Waals surface area contributed by atoms with E-state index in [9.17, 15) is 14.0 Å². The fraction of sp³-hybridized carbons (Fsp3) is 0.125. The standard InChI is InChI=1S/C16H14FNO3/c1-10-7-8-12(17)9-13(10)16(20)21-14(15(18)19)11-5-3-2-4-6-11/h2-9,14H,1H3,(H2,18,19). The van der Waals surface area contributed by atoms with Crippen molar-refractivity contribution in [2.24, 2.45) is 5.73 Å². The van der Waals surface area contributed by atoms with E-state index in [0.717, 1.165) is 6.07 Å². The molecule has 0 saturated carbocycles. The number of amides is 1. The molecule has 4 nitrogen and oxygen atoms in total. The van der Waals surface area contributed by atoms with Gasteiger partial charge in [0.25, 0.3) is 5.91 Å². The molecule has 1 amide bonds. The summed E-state index contributed by atoms with van der Waals surface area (Å²) >= 11 is 0. The first kappa shape index (κ1) is 14.7. The van der Waals surface area contributed by atoms with Crippen LogP contribution in [0.4, 0.5) is 4.39 Å². The van der Waals surface area contributed by atoms with Crippen LogP contribution in [0, 0.1) is 12.7 Å². The van der Waals surface area contributed by atoms with Crippen LogP contribution in [0.5, 0.6) is 0 Å². The maximum Gasteiger partial charge on any atom is 0.339 e. The summed E-state index contributed by atoms with van der Waals surface area (Å²) in [6.45, 7) is 1.65. The normalized spacial score (nSPS) is 11.7. The summed E-state index contributed by atoms with van der Waals surface area (Å²) in [5, 5.41) is 0. The van der Waals surface area contributed by atoms with Crippen LogP contribution < -0.4 is 5.73 Å². The van der Waals surface area contributed by atoms with Gasteiger partial charge in [0.05, 0.1) is 5.56 Å². The van der Waals surface area contributed by atoms with Crippen molar-refractivity contribution < 1.29 is 18.7 Å². The van der Waals surface area contributed by atoms with Gasteiger partial charge in [-0.1, -0.05) is 36.4 Å². The number of carbonyl (C=O) groups is 2. The second kappa shape index (κ2) is 6.17. The van der Waals surface area contributed by atoms with Crippen molar-refractivity contribution >= 4 is 11.9 Å². The monoisotopic (exact) mass is 287 g/mol. The summed E-state index contributed by atoms with van der Waals surface area (Å²) in [6.07, 6.45) is -1.21. The quantitative estimate of drug-likeness (QED) is 0.878. The van der Waals surface area contributed by atoms with Crippen LogP contribution in [-0.2, 0) is 9.53 Å². The predicted molar refractivity (Wildman–Crippen MR) is 74.9 cm³/mol. The first-order valence-electron chi connectivity index (χ1n) is 6.30. The highest BCUT2D eigenvalue weighted by Crippen LogP contribution is 2.20. The van der Waals surface area contributed by atoms with Crippen molar-refractivity contribution in [1.29, 1.82) is 0 Å². The Labute approximate surface area is 121 Å². The van der Waals surface area contributed by atoms with E-state index in [1.165, 1.54) is 12.1 Å². The number of hydrogen-bond donors (Lipinski definition) is 1. The van der Waals surface area contributed by atoms with E-state index < -0.39 is 23.8 Å². The molecule has 2 aromatic carbocycles. The molecule has 5 heteroatoms. The second-order valence-corrected chi connectivity index (χ2v) is 4.56. The van der Waals surface area contributed by atoms with E-state index in [1.54, 1.807) is 37.3 Å². The highest BCUT2D eigenvalue weighted by Gasteiger charge is 2.24. The molecule has 2 N–H and O–H groups in total. The summed E-state index contributed by atoms with van der Waals surface area (Å²) in [5.41, 5.74) is 6.36. The predicted octanol–water partition coefficient (Wildman–Crippen LogP) is 2.52. The molecule has 0 aromatic heterocycles. The number of rotatable bonds is 4. The van der Waals surface area contributed by atoms with E-state index >= 15 is 0 Å². The third-order valence-corrected chi connectivity index (χ3v) is 3.01. The van der Waals surface area contributed by atoms with Crippen LogP contribution >= 0.6 is 0 Å². The number of benzene rings is 2. The molecule has 1 unspecified atom stereocenters. The Morgan fingerprint density at radius 2 is 1.81 bits per heavy atom. The van der Waals surface area contributed by atoms with Gasteiger partial charge in [-0.05, 0) is 24.6 Å². The number of hydrogen-bond acceptors (Lipinski definition) is 3. The number of aryl methyl sites for hydroxylation is 1. The number of nitrogens with two attached hydrogens (primary N) is 1. The lowest BCUT2D eigenvalue weighted by atomic mass is 10.1. The average Bonchev–Trinajstić information content (AvgIpc) is 2.47. The largest absolute Gasteiger partial charge is 0.444 e. The third kappa shape index (κ3) is 3.45. The summed E-state index contributed by atoms with van der Waals surface area (Å²) in [6, 6.07) is 12.2. The van der Waals surface area contributed by atoms with Crippen molar-refractivity contribution in [3.05, 3.63) is 71.0 Å². The van der Waals surface area contributed by atoms with E-state index in [2.05, 4.69) is 0 Å². The van der Waals surface area contributed by atoms with Crippen LogP contribution in [0.15, 0.2) is 48.5 Å². The molecular formula is C16H14FNO3. The maximum atomic E-state index is 13.2. The van der Waals surface area contributed by atoms with E-state index in [4.69, 9.17) is 10.5 Å². The van der Waals surface area contributed by atoms with Gasteiger partial charge in [-0.2, -0.15) is 0 Å². The number of primary amides is 1. The summed E-state index contributed by atoms with van der Waals surface area (Å²) in [4.78, 5) is 23.6. The second-order valence-electron chi connectivity index (χ2n) is 4.56. The fourth-order valence-electron chi connectivity index (χ4n) is 1.90. The van der Waals surface area contributed by atoms with Crippen LogP contribution in [0.3, 0.4) is 0 Å². The Hall–Kier alpha value is -2.69. The molecule has 0 aliphatic rings. The van der Waals surface area contributed by atoms with Gasteiger partial charge in [0, 0.05) is 5.56 Å². The van der Waals surface area contributed by atoms with E-state index in [0.29, 0.717) is 11.1 Å². The zero-order chi connectivity index (χ0) is 15.4. The lowest BCUT2D eigenvalue weighted by Gasteiger charge is -2.15. The summed E-state index contributed by atoms with van der Waals surface area (Å²) in [5.74, 6) is -2.13. The van der Waals surface area contributed by atoms with Crippen LogP contribution in [0.25, 0.3) is 0 Å². The number of carbonyl (C=O) groups excluding carboxylic acids is 2. The van der Waals surface area contributed by atoms with Gasteiger partial charge in [0.1, 0.15) is 5.82 Å². The Morgan fingerprint density at radius 1 is 1.14 bits per heavy atom. The molecule has 0 aliphatic carbocycles. The molecule has 0 bridgehead atoms. The van der Waals surface area contributed by atoms with Crippen LogP contribution in [0.1, 0.15) is 27.6 Å². The van der Waals surface area contributed by atoms with Crippen LogP contribution in [-0.4, -0.2) is 11.9 Å². The topological polar surface area (TPSA) is 69.4 Å². The number of halogens is 1. The molecule has 108 valence electrons. The Morgan fingerprint density at radius 3 is 2.43 bits per heavy atom. The smallest absolute Gasteiger partial charge is 0.339 e. The molecule has 2 aromatic rings. The van der Waals surface area contributed by atoms with Crippen molar-refractivity contribution in [2.45, 2.75) is 13.0 Å². The Balaban J connectivity index is 2.27. The van der Waals surface area contributed by atoms with Gasteiger partial charge in [-0.3, -0.25) is 4.79 Å². The van der Waals surface area contributed by atoms with Gasteiger partial charge >= 0.3 is 5.97 Å². The van der Waals surface area contributed by atoms with Crippen molar-refractivity contribution in [2.75, 3.05) is 0 Å². The van der Waals surface area contributed by atoms with Gasteiger partial charge in [0.2, 0.25) is 6.10 Å². The van der Waals surface area contributed by atoms with Crippen molar-refractivity contribution in [1.82, 2.24) is 0 Å². The zero-order valence-electron chi connectivity index (χ0n) is 11.4. The lowest BCUT2D eigenvalue weighted by Crippen LogP contribution is -2.26. The summed E-state index contributed by atoms with van der Waals surface area (Å²) < 4.78 is 18.4. The van der Waals surface area contributed by atoms with Gasteiger partial charge in [0.15, 0.2) is 0 Å². The first-order chi connectivity index (χ1) is 9.99. The van der Waals surface area contributed by atoms with Gasteiger partial charge in [-0.25, -0.2) is 9.18 Å². The summed E-state index contributed by atoms with van der Waals surface area (Å²) in [7, 11) is 0. The maximum absolute atomic E-state index is 13.2. The average molecular weight is 287 g/mol. The SMILES string of the molecule is Cc1ccc(F)cc1C(=O)OC(C(N)=O)c1ccccc1. The highest BCUT2D eigenvalue weighted by molar-refractivity contribution is 5.93. The lowest BCUT2D eigenvalue weighted by molar-refractivity contribution is -0.127. The van der Waals surface area contributed by atoms with E-state index in [1.807, 2.05) is 0 Å². The zero-order valence-corrected chi connectivity index (χ0v) is 11.4. The minimum Gasteiger partial charge on any atom is -0.444 e. The molecule has 1 atom stereocenters. The molecule has 0 spiro atoms. The van der Waals surface area contributed by atoms with E-state index in [-0.39, 0.29) is 5.56 Å². The minimum absolute atomic E-state index is 0.0668. The molecule has 21 heavy (non-hydrogen) atoms. The number of ether oxygens (including phenoxy) is 1. The molecule has 0 radical (unpaired) electrons. The molecule has 0 saturated heterocycles. The fourth-order valence-corrected chi connectivity index (χ4v) is 1.90. The number of esters is 1. The van der Waals surface area contributed by atoms with Gasteiger partial charge < -0.3 is 10.5 Å². The Kier molecular flexibility index (Phi) is 4.33. The molecule has 0 heterocycles. The molecule has 0 fully saturated rings. The van der Waals surface area contributed by atoms with Crippen molar-refractivity contribution in [3.8, 4) is 0 Å². The highest BCUT2D eigenvalue weighted by atomic mass is 19.1. The van der Waals surface area contributed by atoms with Crippen molar-refractivity contribution in [3.63, 3.8) is 0 Å².